The van der Waals surface area contributed by atoms with E-state index in [9.17, 15) is 0 Å². The van der Waals surface area contributed by atoms with Crippen molar-refractivity contribution in [2.45, 2.75) is 48.8 Å². The minimum absolute atomic E-state index is 0.108. The molecule has 2 atom stereocenters. The number of aromatic nitrogens is 3. The van der Waals surface area contributed by atoms with Gasteiger partial charge in [-0.1, -0.05) is 35.5 Å². The standard InChI is InChI=1S/C23H26ClN5OS2/c1-14-21(31-13-28-14)16-4-3-5-17(20(16)24)32-19-11-26-18(10-27-19)29-8-6-23(7-9-29)12-30-15(2)22(23)25/h3-5,10-11,13,15,22H,6-9,12,25H2,1-2H3/t15-,22+/m0/s1. The molecule has 0 saturated carbocycles. The lowest BCUT2D eigenvalue weighted by Crippen LogP contribution is -2.50. The Kier molecular flexibility index (Phi) is 6.15. The summed E-state index contributed by atoms with van der Waals surface area (Å²) in [5.41, 5.74) is 10.4. The number of benzene rings is 1. The molecule has 3 aromatic rings. The Morgan fingerprint density at radius 1 is 1.22 bits per heavy atom. The van der Waals surface area contributed by atoms with Crippen LogP contribution in [-0.4, -0.2) is 46.8 Å². The largest absolute Gasteiger partial charge is 0.376 e. The fraction of sp³-hybridized carbons (Fsp3) is 0.435. The third kappa shape index (κ3) is 4.03. The highest BCUT2D eigenvalue weighted by atomic mass is 35.5. The van der Waals surface area contributed by atoms with Crippen molar-refractivity contribution in [1.29, 1.82) is 0 Å². The zero-order valence-electron chi connectivity index (χ0n) is 18.1. The molecule has 9 heteroatoms. The maximum absolute atomic E-state index is 6.74. The quantitative estimate of drug-likeness (QED) is 0.552. The van der Waals surface area contributed by atoms with Crippen LogP contribution < -0.4 is 10.6 Å². The van der Waals surface area contributed by atoms with E-state index >= 15 is 0 Å². The molecule has 2 saturated heterocycles. The van der Waals surface area contributed by atoms with Crippen LogP contribution in [0, 0.1) is 12.3 Å². The van der Waals surface area contributed by atoms with Gasteiger partial charge in [-0.3, -0.25) is 0 Å². The summed E-state index contributed by atoms with van der Waals surface area (Å²) < 4.78 is 5.83. The number of hydrogen-bond acceptors (Lipinski definition) is 8. The molecule has 2 aromatic heterocycles. The second-order valence-electron chi connectivity index (χ2n) is 8.59. The molecule has 6 nitrogen and oxygen atoms in total. The Hall–Kier alpha value is -1.71. The van der Waals surface area contributed by atoms with Gasteiger partial charge in [0.2, 0.25) is 0 Å². The first-order chi connectivity index (χ1) is 15.5. The number of anilines is 1. The SMILES string of the molecule is Cc1ncsc1-c1cccc(Sc2cnc(N3CCC4(CC3)CO[C@@H](C)[C@H]4N)cn2)c1Cl. The molecule has 2 fully saturated rings. The van der Waals surface area contributed by atoms with Crippen LogP contribution in [0.4, 0.5) is 5.82 Å². The molecule has 0 aliphatic carbocycles. The molecule has 2 aliphatic rings. The average molecular weight is 488 g/mol. The fourth-order valence-corrected chi connectivity index (χ4v) is 6.63. The van der Waals surface area contributed by atoms with Crippen molar-refractivity contribution in [2.75, 3.05) is 24.6 Å². The van der Waals surface area contributed by atoms with Crippen LogP contribution in [-0.2, 0) is 4.74 Å². The van der Waals surface area contributed by atoms with Gasteiger partial charge in [-0.15, -0.1) is 11.3 Å². The summed E-state index contributed by atoms with van der Waals surface area (Å²) >= 11 is 9.87. The van der Waals surface area contributed by atoms with E-state index in [0.717, 1.165) is 69.4 Å². The van der Waals surface area contributed by atoms with E-state index in [2.05, 4.69) is 21.8 Å². The van der Waals surface area contributed by atoms with Crippen LogP contribution in [0.15, 0.2) is 46.0 Å². The predicted octanol–water partition coefficient (Wildman–Crippen LogP) is 5.05. The third-order valence-corrected chi connectivity index (χ3v) is 9.17. The average Bonchev–Trinajstić information content (AvgIpc) is 3.35. The molecule has 168 valence electrons. The lowest BCUT2D eigenvalue weighted by atomic mass is 9.73. The van der Waals surface area contributed by atoms with Gasteiger partial charge in [-0.2, -0.15) is 0 Å². The first kappa shape index (κ1) is 22.1. The number of rotatable bonds is 4. The van der Waals surface area contributed by atoms with E-state index < -0.39 is 0 Å². The summed E-state index contributed by atoms with van der Waals surface area (Å²) in [6.45, 7) is 6.70. The maximum Gasteiger partial charge on any atom is 0.147 e. The highest BCUT2D eigenvalue weighted by Gasteiger charge is 2.47. The molecular weight excluding hydrogens is 462 g/mol. The second-order valence-corrected chi connectivity index (χ2v) is 10.9. The van der Waals surface area contributed by atoms with Crippen LogP contribution in [0.25, 0.3) is 10.4 Å². The molecule has 5 rings (SSSR count). The van der Waals surface area contributed by atoms with Crippen molar-refractivity contribution >= 4 is 40.5 Å². The topological polar surface area (TPSA) is 77.2 Å². The fourth-order valence-electron chi connectivity index (χ4n) is 4.62. The summed E-state index contributed by atoms with van der Waals surface area (Å²) in [6.07, 6.45) is 5.88. The van der Waals surface area contributed by atoms with Gasteiger partial charge >= 0.3 is 0 Å². The monoisotopic (exact) mass is 487 g/mol. The van der Waals surface area contributed by atoms with E-state index in [0.29, 0.717) is 0 Å². The van der Waals surface area contributed by atoms with Gasteiger partial charge < -0.3 is 15.4 Å². The van der Waals surface area contributed by atoms with Crippen molar-refractivity contribution in [3.05, 3.63) is 46.8 Å². The van der Waals surface area contributed by atoms with E-state index in [-0.39, 0.29) is 17.6 Å². The van der Waals surface area contributed by atoms with Crippen LogP contribution in [0.3, 0.4) is 0 Å². The second kappa shape index (κ2) is 8.91. The van der Waals surface area contributed by atoms with E-state index in [1.807, 2.05) is 43.0 Å². The lowest BCUT2D eigenvalue weighted by molar-refractivity contribution is 0.0974. The molecule has 0 unspecified atom stereocenters. The first-order valence-electron chi connectivity index (χ1n) is 10.8. The Bertz CT molecular complexity index is 1100. The summed E-state index contributed by atoms with van der Waals surface area (Å²) in [6, 6.07) is 6.18. The van der Waals surface area contributed by atoms with Gasteiger partial charge in [0, 0.05) is 35.0 Å². The minimum atomic E-state index is 0.108. The van der Waals surface area contributed by atoms with Crippen LogP contribution in [0.2, 0.25) is 5.02 Å². The van der Waals surface area contributed by atoms with Gasteiger partial charge in [0.05, 0.1) is 46.2 Å². The number of nitrogens with two attached hydrogens (primary N) is 1. The molecule has 4 heterocycles. The minimum Gasteiger partial charge on any atom is -0.376 e. The predicted molar refractivity (Wildman–Crippen MR) is 131 cm³/mol. The molecule has 0 radical (unpaired) electrons. The Balaban J connectivity index is 1.27. The molecule has 1 aromatic carbocycles. The molecule has 1 spiro atoms. The Labute approximate surface area is 201 Å². The Morgan fingerprint density at radius 3 is 2.66 bits per heavy atom. The van der Waals surface area contributed by atoms with Gasteiger partial charge in [0.15, 0.2) is 0 Å². The molecule has 32 heavy (non-hydrogen) atoms. The normalized spacial score (nSPS) is 22.6. The van der Waals surface area contributed by atoms with Crippen molar-refractivity contribution in [2.24, 2.45) is 11.1 Å². The van der Waals surface area contributed by atoms with Crippen LogP contribution in [0.5, 0.6) is 0 Å². The van der Waals surface area contributed by atoms with Crippen molar-refractivity contribution in [3.63, 3.8) is 0 Å². The number of nitrogens with zero attached hydrogens (tertiary/aromatic N) is 4. The first-order valence-corrected chi connectivity index (χ1v) is 12.9. The Morgan fingerprint density at radius 2 is 2.03 bits per heavy atom. The highest BCUT2D eigenvalue weighted by molar-refractivity contribution is 7.99. The summed E-state index contributed by atoms with van der Waals surface area (Å²) in [5, 5.41) is 1.55. The maximum atomic E-state index is 6.74. The molecule has 2 N–H and O–H groups in total. The number of ether oxygens (including phenoxy) is 1. The zero-order valence-corrected chi connectivity index (χ0v) is 20.5. The third-order valence-electron chi connectivity index (χ3n) is 6.71. The van der Waals surface area contributed by atoms with Gasteiger partial charge in [0.25, 0.3) is 0 Å². The van der Waals surface area contributed by atoms with Crippen molar-refractivity contribution in [3.8, 4) is 10.4 Å². The van der Waals surface area contributed by atoms with Crippen LogP contribution >= 0.6 is 34.7 Å². The van der Waals surface area contributed by atoms with E-state index in [1.165, 1.54) is 11.8 Å². The number of thiazole rings is 1. The smallest absolute Gasteiger partial charge is 0.147 e. The summed E-state index contributed by atoms with van der Waals surface area (Å²) in [7, 11) is 0. The van der Waals surface area contributed by atoms with Gasteiger partial charge in [-0.05, 0) is 32.8 Å². The molecular formula is C23H26ClN5OS2. The number of aryl methyl sites for hydroxylation is 1. The van der Waals surface area contributed by atoms with Crippen molar-refractivity contribution in [1.82, 2.24) is 15.0 Å². The molecule has 2 aliphatic heterocycles. The number of hydrogen-bond donors (Lipinski definition) is 1. The highest BCUT2D eigenvalue weighted by Crippen LogP contribution is 2.42. The van der Waals surface area contributed by atoms with E-state index in [4.69, 9.17) is 27.1 Å². The lowest BCUT2D eigenvalue weighted by Gasteiger charge is -2.41. The van der Waals surface area contributed by atoms with Gasteiger partial charge in [-0.25, -0.2) is 15.0 Å². The van der Waals surface area contributed by atoms with Crippen molar-refractivity contribution < 1.29 is 4.74 Å². The number of piperidine rings is 1. The zero-order chi connectivity index (χ0) is 22.3. The summed E-state index contributed by atoms with van der Waals surface area (Å²) in [5.74, 6) is 0.907. The summed E-state index contributed by atoms with van der Waals surface area (Å²) in [4.78, 5) is 18.1. The molecule has 0 bridgehead atoms. The van der Waals surface area contributed by atoms with Gasteiger partial charge in [0.1, 0.15) is 10.8 Å². The molecule has 0 amide bonds. The van der Waals surface area contributed by atoms with Crippen LogP contribution in [0.1, 0.15) is 25.5 Å². The van der Waals surface area contributed by atoms with E-state index in [1.54, 1.807) is 11.3 Å². The number of halogens is 1.